The van der Waals surface area contributed by atoms with Gasteiger partial charge >= 0.3 is 0 Å². The first-order chi connectivity index (χ1) is 6.86. The van der Waals surface area contributed by atoms with Gasteiger partial charge in [-0.1, -0.05) is 26.8 Å². The third-order valence-corrected chi connectivity index (χ3v) is 2.31. The van der Waals surface area contributed by atoms with Crippen molar-refractivity contribution < 1.29 is 15.0 Å². The molecule has 2 N–H and O–H groups in total. The Labute approximate surface area is 89.4 Å². The van der Waals surface area contributed by atoms with Gasteiger partial charge in [-0.05, 0) is 23.1 Å². The number of aliphatic hydroxyl groups excluding tert-OH is 1. The van der Waals surface area contributed by atoms with E-state index in [1.807, 2.05) is 20.8 Å². The van der Waals surface area contributed by atoms with Crippen LogP contribution in [0.2, 0.25) is 0 Å². The molecule has 0 aliphatic carbocycles. The number of ketones is 1. The lowest BCUT2D eigenvalue weighted by Crippen LogP contribution is -2.13. The van der Waals surface area contributed by atoms with Crippen LogP contribution < -0.4 is 0 Å². The molecule has 0 atom stereocenters. The van der Waals surface area contributed by atoms with Crippen LogP contribution in [0.4, 0.5) is 0 Å². The molecule has 0 saturated carbocycles. The predicted molar refractivity (Wildman–Crippen MR) is 58.2 cm³/mol. The van der Waals surface area contributed by atoms with Crippen molar-refractivity contribution in [1.82, 2.24) is 0 Å². The van der Waals surface area contributed by atoms with Crippen molar-refractivity contribution in [2.24, 2.45) is 0 Å². The average Bonchev–Trinajstić information content (AvgIpc) is 2.15. The van der Waals surface area contributed by atoms with Gasteiger partial charge in [0.15, 0.2) is 5.78 Å². The second-order valence-electron chi connectivity index (χ2n) is 4.56. The second kappa shape index (κ2) is 4.03. The molecule has 0 heterocycles. The smallest absolute Gasteiger partial charge is 0.191 e. The van der Waals surface area contributed by atoms with E-state index in [0.29, 0.717) is 0 Å². The number of hydrogen-bond acceptors (Lipinski definition) is 3. The molecule has 0 aliphatic rings. The highest BCUT2D eigenvalue weighted by molar-refractivity contribution is 5.99. The number of aliphatic hydroxyl groups is 1. The van der Waals surface area contributed by atoms with Crippen LogP contribution in [0.5, 0.6) is 5.75 Å². The zero-order valence-electron chi connectivity index (χ0n) is 9.24. The van der Waals surface area contributed by atoms with Gasteiger partial charge in [-0.25, -0.2) is 0 Å². The van der Waals surface area contributed by atoms with E-state index in [9.17, 15) is 9.90 Å². The molecule has 0 saturated heterocycles. The Kier molecular flexibility index (Phi) is 3.15. The summed E-state index contributed by atoms with van der Waals surface area (Å²) in [5.41, 5.74) is 1.06. The molecule has 0 amide bonds. The SMILES string of the molecule is CC(C)(C)c1ccc(O)c(C(=O)CO)c1. The van der Waals surface area contributed by atoms with E-state index in [1.54, 1.807) is 12.1 Å². The van der Waals surface area contributed by atoms with E-state index in [0.717, 1.165) is 5.56 Å². The Hall–Kier alpha value is -1.35. The fourth-order valence-electron chi connectivity index (χ4n) is 1.31. The zero-order chi connectivity index (χ0) is 11.6. The Bertz CT molecular complexity index is 375. The van der Waals surface area contributed by atoms with Gasteiger partial charge in [-0.3, -0.25) is 4.79 Å². The predicted octanol–water partition coefficient (Wildman–Crippen LogP) is 1.86. The normalized spacial score (nSPS) is 11.5. The summed E-state index contributed by atoms with van der Waals surface area (Å²) >= 11 is 0. The van der Waals surface area contributed by atoms with Crippen molar-refractivity contribution in [2.45, 2.75) is 26.2 Å². The highest BCUT2D eigenvalue weighted by Gasteiger charge is 2.17. The Morgan fingerprint density at radius 2 is 1.93 bits per heavy atom. The molecule has 0 aromatic heterocycles. The Balaban J connectivity index is 3.23. The molecule has 0 spiro atoms. The quantitative estimate of drug-likeness (QED) is 0.729. The van der Waals surface area contributed by atoms with E-state index in [1.165, 1.54) is 6.07 Å². The highest BCUT2D eigenvalue weighted by atomic mass is 16.3. The lowest BCUT2D eigenvalue weighted by atomic mass is 9.85. The summed E-state index contributed by atoms with van der Waals surface area (Å²) in [5.74, 6) is -0.541. The summed E-state index contributed by atoms with van der Waals surface area (Å²) in [5, 5.41) is 18.2. The van der Waals surface area contributed by atoms with E-state index in [-0.39, 0.29) is 16.7 Å². The standard InChI is InChI=1S/C12H16O3/c1-12(2,3)8-4-5-10(14)9(6-8)11(15)7-13/h4-6,13-14H,7H2,1-3H3. The summed E-state index contributed by atoms with van der Waals surface area (Å²) in [6, 6.07) is 4.90. The fourth-order valence-corrected chi connectivity index (χ4v) is 1.31. The van der Waals surface area contributed by atoms with Gasteiger partial charge < -0.3 is 10.2 Å². The minimum absolute atomic E-state index is 0.0814. The van der Waals surface area contributed by atoms with Crippen LogP contribution in [0.1, 0.15) is 36.7 Å². The van der Waals surface area contributed by atoms with E-state index < -0.39 is 12.4 Å². The summed E-state index contributed by atoms with van der Waals surface area (Å²) in [6.07, 6.45) is 0. The maximum atomic E-state index is 11.3. The van der Waals surface area contributed by atoms with Gasteiger partial charge in [-0.2, -0.15) is 0 Å². The average molecular weight is 208 g/mol. The molecular formula is C12H16O3. The van der Waals surface area contributed by atoms with Gasteiger partial charge in [0, 0.05) is 0 Å². The molecule has 0 radical (unpaired) electrons. The van der Waals surface area contributed by atoms with Crippen molar-refractivity contribution in [3.05, 3.63) is 29.3 Å². The summed E-state index contributed by atoms with van der Waals surface area (Å²) in [7, 11) is 0. The summed E-state index contributed by atoms with van der Waals surface area (Å²) in [4.78, 5) is 11.3. The van der Waals surface area contributed by atoms with E-state index >= 15 is 0 Å². The maximum absolute atomic E-state index is 11.3. The number of benzene rings is 1. The van der Waals surface area contributed by atoms with Crippen molar-refractivity contribution in [3.8, 4) is 5.75 Å². The zero-order valence-corrected chi connectivity index (χ0v) is 9.24. The summed E-state index contributed by atoms with van der Waals surface area (Å²) in [6.45, 7) is 5.48. The summed E-state index contributed by atoms with van der Waals surface area (Å²) < 4.78 is 0. The van der Waals surface area contributed by atoms with Gasteiger partial charge in [0.1, 0.15) is 12.4 Å². The number of phenolic OH excluding ortho intramolecular Hbond substituents is 1. The first kappa shape index (κ1) is 11.7. The van der Waals surface area contributed by atoms with Gasteiger partial charge in [0.25, 0.3) is 0 Å². The first-order valence-corrected chi connectivity index (χ1v) is 4.84. The Morgan fingerprint density at radius 3 is 2.40 bits per heavy atom. The van der Waals surface area contributed by atoms with Crippen molar-refractivity contribution in [2.75, 3.05) is 6.61 Å². The van der Waals surface area contributed by atoms with Gasteiger partial charge in [-0.15, -0.1) is 0 Å². The van der Waals surface area contributed by atoms with E-state index in [4.69, 9.17) is 5.11 Å². The third-order valence-electron chi connectivity index (χ3n) is 2.31. The molecule has 3 nitrogen and oxygen atoms in total. The third kappa shape index (κ3) is 2.57. The minimum Gasteiger partial charge on any atom is -0.507 e. The fraction of sp³-hybridized carbons (Fsp3) is 0.417. The van der Waals surface area contributed by atoms with E-state index in [2.05, 4.69) is 0 Å². The van der Waals surface area contributed by atoms with Crippen LogP contribution in [0, 0.1) is 0 Å². The topological polar surface area (TPSA) is 57.5 Å². The molecule has 15 heavy (non-hydrogen) atoms. The second-order valence-corrected chi connectivity index (χ2v) is 4.56. The van der Waals surface area contributed by atoms with Crippen LogP contribution in [-0.2, 0) is 5.41 Å². The molecule has 3 heteroatoms. The largest absolute Gasteiger partial charge is 0.507 e. The van der Waals surface area contributed by atoms with Gasteiger partial charge in [0.2, 0.25) is 0 Å². The first-order valence-electron chi connectivity index (χ1n) is 4.84. The van der Waals surface area contributed by atoms with Gasteiger partial charge in [0.05, 0.1) is 5.56 Å². The molecule has 0 fully saturated rings. The molecule has 1 rings (SSSR count). The number of aromatic hydroxyl groups is 1. The number of hydrogen-bond donors (Lipinski definition) is 2. The molecule has 0 bridgehead atoms. The molecular weight excluding hydrogens is 192 g/mol. The molecule has 1 aromatic carbocycles. The number of rotatable bonds is 2. The van der Waals surface area contributed by atoms with Crippen LogP contribution >= 0.6 is 0 Å². The minimum atomic E-state index is -0.582. The lowest BCUT2D eigenvalue weighted by molar-refractivity contribution is 0.0901. The number of phenols is 1. The molecule has 0 unspecified atom stereocenters. The molecule has 82 valence electrons. The lowest BCUT2D eigenvalue weighted by Gasteiger charge is -2.19. The Morgan fingerprint density at radius 1 is 1.33 bits per heavy atom. The molecule has 0 aliphatic heterocycles. The molecule has 1 aromatic rings. The van der Waals surface area contributed by atoms with Crippen LogP contribution in [0.15, 0.2) is 18.2 Å². The van der Waals surface area contributed by atoms with Crippen LogP contribution in [0.3, 0.4) is 0 Å². The number of carbonyl (C=O) groups is 1. The van der Waals surface area contributed by atoms with Crippen LogP contribution in [0.25, 0.3) is 0 Å². The number of carbonyl (C=O) groups excluding carboxylic acids is 1. The monoisotopic (exact) mass is 208 g/mol. The highest BCUT2D eigenvalue weighted by Crippen LogP contribution is 2.27. The van der Waals surface area contributed by atoms with Crippen molar-refractivity contribution >= 4 is 5.78 Å². The number of Topliss-reactive ketones (excluding diaryl/α,β-unsaturated/α-hetero) is 1. The maximum Gasteiger partial charge on any atom is 0.191 e. The van der Waals surface area contributed by atoms with Crippen molar-refractivity contribution in [3.63, 3.8) is 0 Å². The van der Waals surface area contributed by atoms with Crippen LogP contribution in [-0.4, -0.2) is 22.6 Å². The van der Waals surface area contributed by atoms with Crippen molar-refractivity contribution in [1.29, 1.82) is 0 Å².